The molecule has 1 heterocycles. The Labute approximate surface area is 224 Å². The molecule has 8 heteroatoms. The third kappa shape index (κ3) is 7.51. The summed E-state index contributed by atoms with van der Waals surface area (Å²) in [7, 11) is 0. The summed E-state index contributed by atoms with van der Waals surface area (Å²) < 4.78 is 94.5. The van der Waals surface area contributed by atoms with E-state index in [1.807, 2.05) is 0 Å². The van der Waals surface area contributed by atoms with E-state index in [0.717, 1.165) is 31.1 Å². The normalized spacial score (nSPS) is 17.8. The van der Waals surface area contributed by atoms with Gasteiger partial charge in [0.2, 0.25) is 0 Å². The lowest BCUT2D eigenvalue weighted by atomic mass is 9.97. The summed E-state index contributed by atoms with van der Waals surface area (Å²) in [6.45, 7) is 3.20. The van der Waals surface area contributed by atoms with Gasteiger partial charge in [-0.05, 0) is 72.7 Å². The molecule has 1 aliphatic heterocycles. The predicted octanol–water partition coefficient (Wildman–Crippen LogP) is 8.52. The number of ether oxygens (including phenoxy) is 2. The number of aryl methyl sites for hydroxylation is 2. The molecule has 1 fully saturated rings. The number of hydrogen-bond donors (Lipinski definition) is 0. The maximum absolute atomic E-state index is 15.0. The average molecular weight is 549 g/mol. The van der Waals surface area contributed by atoms with Gasteiger partial charge in [0, 0.05) is 22.6 Å². The van der Waals surface area contributed by atoms with E-state index in [1.165, 1.54) is 18.2 Å². The molecule has 0 aliphatic carbocycles. The third-order valence-electron chi connectivity index (χ3n) is 6.78. The highest BCUT2D eigenvalue weighted by atomic mass is 19.3. The lowest BCUT2D eigenvalue weighted by Crippen LogP contribution is -2.27. The van der Waals surface area contributed by atoms with Gasteiger partial charge in [-0.3, -0.25) is 0 Å². The molecular weight excluding hydrogens is 518 g/mol. The van der Waals surface area contributed by atoms with Crippen molar-refractivity contribution in [2.75, 3.05) is 13.2 Å². The number of rotatable bonds is 10. The second-order valence-electron chi connectivity index (χ2n) is 9.70. The molecule has 0 atom stereocenters. The van der Waals surface area contributed by atoms with Crippen LogP contribution in [0.4, 0.5) is 26.3 Å². The first-order valence-electron chi connectivity index (χ1n) is 13.0. The first kappa shape index (κ1) is 28.9. The van der Waals surface area contributed by atoms with Crippen LogP contribution in [0, 0.1) is 29.2 Å². The van der Waals surface area contributed by atoms with Crippen LogP contribution in [0.3, 0.4) is 0 Å². The van der Waals surface area contributed by atoms with Crippen molar-refractivity contribution in [2.24, 2.45) is 5.92 Å². The topological polar surface area (TPSA) is 18.5 Å². The molecule has 3 aromatic carbocycles. The summed E-state index contributed by atoms with van der Waals surface area (Å²) in [5, 5.41) is 0. The molecule has 0 saturated carbocycles. The predicted molar refractivity (Wildman–Crippen MR) is 137 cm³/mol. The zero-order valence-corrected chi connectivity index (χ0v) is 21.5. The van der Waals surface area contributed by atoms with Gasteiger partial charge < -0.3 is 9.47 Å². The van der Waals surface area contributed by atoms with E-state index in [4.69, 9.17) is 9.47 Å². The fourth-order valence-electron chi connectivity index (χ4n) is 4.70. The van der Waals surface area contributed by atoms with Crippen molar-refractivity contribution < 1.29 is 35.8 Å². The Bertz CT molecular complexity index is 1280. The first-order chi connectivity index (χ1) is 18.7. The lowest BCUT2D eigenvalue weighted by Gasteiger charge is -2.29. The van der Waals surface area contributed by atoms with E-state index >= 15 is 0 Å². The number of hydrogen-bond acceptors (Lipinski definition) is 2. The Balaban J connectivity index is 1.40. The van der Waals surface area contributed by atoms with Crippen LogP contribution < -0.4 is 0 Å². The summed E-state index contributed by atoms with van der Waals surface area (Å²) in [6.07, 6.45) is 0.307. The molecule has 0 bridgehead atoms. The van der Waals surface area contributed by atoms with Gasteiger partial charge in [0.25, 0.3) is 6.43 Å². The Morgan fingerprint density at radius 3 is 2.18 bits per heavy atom. The SMILES string of the molecule is CCCC1COC(c2ccc(-c3ccc(CCc4cc(F)c(C/C=C/C(F)F)c(F)c4)c(F)c3)c(F)c2)OC1. The van der Waals surface area contributed by atoms with Crippen LogP contribution in [0.1, 0.15) is 48.3 Å². The number of alkyl halides is 2. The van der Waals surface area contributed by atoms with Gasteiger partial charge in [0.1, 0.15) is 23.3 Å². The van der Waals surface area contributed by atoms with E-state index < -0.39 is 36.0 Å². The second kappa shape index (κ2) is 13.3. The van der Waals surface area contributed by atoms with Crippen LogP contribution >= 0.6 is 0 Å². The van der Waals surface area contributed by atoms with E-state index in [0.29, 0.717) is 47.5 Å². The van der Waals surface area contributed by atoms with E-state index in [9.17, 15) is 26.3 Å². The molecule has 1 aliphatic rings. The zero-order chi connectivity index (χ0) is 27.9. The van der Waals surface area contributed by atoms with Crippen LogP contribution in [-0.4, -0.2) is 19.6 Å². The quantitative estimate of drug-likeness (QED) is 0.187. The molecule has 3 aromatic rings. The van der Waals surface area contributed by atoms with Crippen LogP contribution in [0.5, 0.6) is 0 Å². The molecule has 0 amide bonds. The lowest BCUT2D eigenvalue weighted by molar-refractivity contribution is -0.206. The number of halogens is 6. The van der Waals surface area contributed by atoms with Crippen molar-refractivity contribution in [3.63, 3.8) is 0 Å². The summed E-state index contributed by atoms with van der Waals surface area (Å²) in [5.74, 6) is -2.45. The highest BCUT2D eigenvalue weighted by Crippen LogP contribution is 2.31. The van der Waals surface area contributed by atoms with Gasteiger partial charge in [-0.1, -0.05) is 43.7 Å². The standard InChI is InChI=1S/C31H30F6O2/c1-2-4-20-17-38-31(39-18-20)23-11-12-24(29(35)16-23)22-10-9-21(26(32)15-22)8-7-19-13-27(33)25(28(34)14-19)5-3-6-30(36)37/h3,6,9-16,20,30-31H,2,4-5,7-8,17-18H2,1H3/b6-3+. The van der Waals surface area contributed by atoms with Crippen molar-refractivity contribution in [2.45, 2.75) is 51.7 Å². The van der Waals surface area contributed by atoms with Crippen molar-refractivity contribution >= 4 is 0 Å². The Hall–Kier alpha value is -3.10. The van der Waals surface area contributed by atoms with Crippen LogP contribution in [0.25, 0.3) is 11.1 Å². The van der Waals surface area contributed by atoms with Crippen LogP contribution in [0.15, 0.2) is 60.7 Å². The van der Waals surface area contributed by atoms with Crippen LogP contribution in [0.2, 0.25) is 0 Å². The number of benzene rings is 3. The summed E-state index contributed by atoms with van der Waals surface area (Å²) >= 11 is 0. The van der Waals surface area contributed by atoms with Crippen LogP contribution in [-0.2, 0) is 28.7 Å². The molecule has 39 heavy (non-hydrogen) atoms. The molecule has 208 valence electrons. The molecule has 0 unspecified atom stereocenters. The maximum Gasteiger partial charge on any atom is 0.257 e. The van der Waals surface area contributed by atoms with Gasteiger partial charge in [-0.2, -0.15) is 0 Å². The van der Waals surface area contributed by atoms with E-state index in [1.54, 1.807) is 18.2 Å². The molecule has 1 saturated heterocycles. The first-order valence-corrected chi connectivity index (χ1v) is 13.0. The van der Waals surface area contributed by atoms with E-state index in [-0.39, 0.29) is 30.4 Å². The Morgan fingerprint density at radius 1 is 0.846 bits per heavy atom. The van der Waals surface area contributed by atoms with Gasteiger partial charge >= 0.3 is 0 Å². The van der Waals surface area contributed by atoms with Gasteiger partial charge in [-0.15, -0.1) is 0 Å². The molecule has 0 spiro atoms. The molecular formula is C31H30F6O2. The summed E-state index contributed by atoms with van der Waals surface area (Å²) in [5.41, 5.74) is 1.45. The molecule has 0 aromatic heterocycles. The monoisotopic (exact) mass is 548 g/mol. The van der Waals surface area contributed by atoms with Crippen molar-refractivity contribution in [3.8, 4) is 11.1 Å². The molecule has 0 radical (unpaired) electrons. The van der Waals surface area contributed by atoms with Crippen molar-refractivity contribution in [1.29, 1.82) is 0 Å². The largest absolute Gasteiger partial charge is 0.348 e. The zero-order valence-electron chi connectivity index (χ0n) is 21.5. The second-order valence-corrected chi connectivity index (χ2v) is 9.70. The highest BCUT2D eigenvalue weighted by Gasteiger charge is 2.24. The fraction of sp³-hybridized carbons (Fsp3) is 0.355. The Kier molecular flexibility index (Phi) is 9.86. The summed E-state index contributed by atoms with van der Waals surface area (Å²) in [4.78, 5) is 0. The molecule has 4 rings (SSSR count). The average Bonchev–Trinajstić information content (AvgIpc) is 2.90. The fourth-order valence-corrected chi connectivity index (χ4v) is 4.70. The van der Waals surface area contributed by atoms with Crippen molar-refractivity contribution in [1.82, 2.24) is 0 Å². The maximum atomic E-state index is 15.0. The third-order valence-corrected chi connectivity index (χ3v) is 6.78. The molecule has 2 nitrogen and oxygen atoms in total. The highest BCUT2D eigenvalue weighted by molar-refractivity contribution is 5.65. The molecule has 0 N–H and O–H groups in total. The van der Waals surface area contributed by atoms with E-state index in [2.05, 4.69) is 6.92 Å². The minimum atomic E-state index is -2.70. The van der Waals surface area contributed by atoms with Gasteiger partial charge in [-0.25, -0.2) is 26.3 Å². The minimum absolute atomic E-state index is 0.154. The van der Waals surface area contributed by atoms with Gasteiger partial charge in [0.05, 0.1) is 13.2 Å². The summed E-state index contributed by atoms with van der Waals surface area (Å²) in [6, 6.07) is 11.2. The number of allylic oxidation sites excluding steroid dienone is 2. The van der Waals surface area contributed by atoms with Gasteiger partial charge in [0.15, 0.2) is 6.29 Å². The van der Waals surface area contributed by atoms with Crippen molar-refractivity contribution in [3.05, 3.63) is 106 Å². The smallest absolute Gasteiger partial charge is 0.257 e. The minimum Gasteiger partial charge on any atom is -0.348 e. The Morgan fingerprint density at radius 2 is 1.56 bits per heavy atom.